The number of cyclic esters (lactones) is 1. The van der Waals surface area contributed by atoms with E-state index in [1.807, 2.05) is 0 Å². The summed E-state index contributed by atoms with van der Waals surface area (Å²) in [4.78, 5) is 21.3. The maximum atomic E-state index is 10.8. The molecule has 0 radical (unpaired) electrons. The molecular formula is C8H13NO3. The highest BCUT2D eigenvalue weighted by Crippen LogP contribution is 2.12. The summed E-state index contributed by atoms with van der Waals surface area (Å²) >= 11 is 0. The van der Waals surface area contributed by atoms with Crippen molar-refractivity contribution in [2.45, 2.75) is 32.3 Å². The molecule has 0 aromatic rings. The van der Waals surface area contributed by atoms with Gasteiger partial charge in [0.1, 0.15) is 6.10 Å². The van der Waals surface area contributed by atoms with Gasteiger partial charge in [0.15, 0.2) is 0 Å². The van der Waals surface area contributed by atoms with Crippen LogP contribution in [-0.4, -0.2) is 24.5 Å². The molecular weight excluding hydrogens is 158 g/mol. The van der Waals surface area contributed by atoms with Gasteiger partial charge in [0.25, 0.3) is 0 Å². The van der Waals surface area contributed by atoms with Crippen LogP contribution in [0.4, 0.5) is 0 Å². The third-order valence-electron chi connectivity index (χ3n) is 1.78. The maximum Gasteiger partial charge on any atom is 0.306 e. The van der Waals surface area contributed by atoms with Gasteiger partial charge in [-0.25, -0.2) is 0 Å². The van der Waals surface area contributed by atoms with Crippen LogP contribution in [0.1, 0.15) is 26.2 Å². The molecule has 68 valence electrons. The molecule has 0 saturated carbocycles. The van der Waals surface area contributed by atoms with Crippen molar-refractivity contribution in [3.63, 3.8) is 0 Å². The lowest BCUT2D eigenvalue weighted by molar-refractivity contribution is -0.153. The number of rotatable bonds is 2. The molecule has 1 fully saturated rings. The summed E-state index contributed by atoms with van der Waals surface area (Å²) in [5.41, 5.74) is 0. The first-order valence-electron chi connectivity index (χ1n) is 4.12. The van der Waals surface area contributed by atoms with E-state index in [1.165, 1.54) is 6.92 Å². The number of ether oxygens (including phenoxy) is 1. The summed E-state index contributed by atoms with van der Waals surface area (Å²) in [6.07, 6.45) is 2.11. The van der Waals surface area contributed by atoms with Crippen molar-refractivity contribution in [1.29, 1.82) is 0 Å². The highest BCUT2D eigenvalue weighted by atomic mass is 16.5. The summed E-state index contributed by atoms with van der Waals surface area (Å²) in [6, 6.07) is 0. The molecule has 1 N–H and O–H groups in total. The molecule has 1 heterocycles. The van der Waals surface area contributed by atoms with Crippen LogP contribution in [0, 0.1) is 0 Å². The monoisotopic (exact) mass is 171 g/mol. The molecule has 1 aliphatic heterocycles. The van der Waals surface area contributed by atoms with Crippen molar-refractivity contribution in [3.8, 4) is 0 Å². The van der Waals surface area contributed by atoms with E-state index in [0.29, 0.717) is 13.0 Å². The van der Waals surface area contributed by atoms with Gasteiger partial charge < -0.3 is 10.1 Å². The largest absolute Gasteiger partial charge is 0.460 e. The van der Waals surface area contributed by atoms with Gasteiger partial charge in [0, 0.05) is 13.3 Å². The van der Waals surface area contributed by atoms with Crippen molar-refractivity contribution in [2.75, 3.05) is 6.54 Å². The van der Waals surface area contributed by atoms with Gasteiger partial charge in [-0.15, -0.1) is 0 Å². The van der Waals surface area contributed by atoms with E-state index < -0.39 is 0 Å². The van der Waals surface area contributed by atoms with Crippen LogP contribution in [0.2, 0.25) is 0 Å². The Morgan fingerprint density at radius 2 is 2.50 bits per heavy atom. The molecule has 0 aromatic carbocycles. The number of carbonyl (C=O) groups excluding carboxylic acids is 2. The van der Waals surface area contributed by atoms with E-state index in [9.17, 15) is 9.59 Å². The normalized spacial score (nSPS) is 23.1. The van der Waals surface area contributed by atoms with Crippen LogP contribution in [0.15, 0.2) is 0 Å². The van der Waals surface area contributed by atoms with Crippen molar-refractivity contribution < 1.29 is 14.3 Å². The molecule has 0 aliphatic carbocycles. The summed E-state index contributed by atoms with van der Waals surface area (Å²) in [5, 5.41) is 2.62. The number of esters is 1. The van der Waals surface area contributed by atoms with E-state index in [4.69, 9.17) is 4.74 Å². The van der Waals surface area contributed by atoms with Crippen LogP contribution in [-0.2, 0) is 14.3 Å². The fourth-order valence-corrected chi connectivity index (χ4v) is 1.18. The van der Waals surface area contributed by atoms with Gasteiger partial charge in [-0.2, -0.15) is 0 Å². The van der Waals surface area contributed by atoms with Gasteiger partial charge in [0.2, 0.25) is 5.91 Å². The lowest BCUT2D eigenvalue weighted by atomic mass is 10.1. The minimum absolute atomic E-state index is 0.0865. The number of amides is 1. The zero-order chi connectivity index (χ0) is 8.97. The zero-order valence-electron chi connectivity index (χ0n) is 7.13. The Kier molecular flexibility index (Phi) is 3.08. The first-order valence-corrected chi connectivity index (χ1v) is 4.12. The van der Waals surface area contributed by atoms with Gasteiger partial charge >= 0.3 is 5.97 Å². The van der Waals surface area contributed by atoms with Crippen molar-refractivity contribution in [1.82, 2.24) is 5.32 Å². The lowest BCUT2D eigenvalue weighted by Gasteiger charge is -2.21. The van der Waals surface area contributed by atoms with E-state index in [2.05, 4.69) is 5.32 Å². The predicted octanol–water partition coefficient (Wildman–Crippen LogP) is 0.218. The number of hydrogen-bond acceptors (Lipinski definition) is 3. The quantitative estimate of drug-likeness (QED) is 0.604. The van der Waals surface area contributed by atoms with Crippen LogP contribution >= 0.6 is 0 Å². The van der Waals surface area contributed by atoms with Crippen molar-refractivity contribution >= 4 is 11.9 Å². The fourth-order valence-electron chi connectivity index (χ4n) is 1.18. The Hall–Kier alpha value is -1.06. The average Bonchev–Trinajstić information content (AvgIpc) is 2.01. The molecule has 1 aliphatic rings. The molecule has 1 rings (SSSR count). The second kappa shape index (κ2) is 4.09. The van der Waals surface area contributed by atoms with Gasteiger partial charge in [-0.05, 0) is 12.8 Å². The molecule has 1 saturated heterocycles. The maximum absolute atomic E-state index is 10.8. The molecule has 0 bridgehead atoms. The third-order valence-corrected chi connectivity index (χ3v) is 1.78. The van der Waals surface area contributed by atoms with E-state index in [-0.39, 0.29) is 18.0 Å². The van der Waals surface area contributed by atoms with Crippen molar-refractivity contribution in [3.05, 3.63) is 0 Å². The van der Waals surface area contributed by atoms with Crippen LogP contribution < -0.4 is 5.32 Å². The Morgan fingerprint density at radius 3 is 3.08 bits per heavy atom. The molecule has 0 spiro atoms. The summed E-state index contributed by atoms with van der Waals surface area (Å²) < 4.78 is 4.98. The second-order valence-corrected chi connectivity index (χ2v) is 2.94. The van der Waals surface area contributed by atoms with Gasteiger partial charge in [0.05, 0.1) is 6.54 Å². The lowest BCUT2D eigenvalue weighted by Crippen LogP contribution is -2.35. The zero-order valence-corrected chi connectivity index (χ0v) is 7.13. The first kappa shape index (κ1) is 9.03. The van der Waals surface area contributed by atoms with E-state index in [1.54, 1.807) is 0 Å². The van der Waals surface area contributed by atoms with E-state index in [0.717, 1.165) is 12.8 Å². The summed E-state index contributed by atoms with van der Waals surface area (Å²) in [7, 11) is 0. The minimum Gasteiger partial charge on any atom is -0.460 e. The minimum atomic E-state index is -0.156. The standard InChI is InChI=1S/C8H13NO3/c1-6(10)9-5-7-3-2-4-8(11)12-7/h7H,2-5H2,1H3,(H,9,10). The molecule has 1 atom stereocenters. The van der Waals surface area contributed by atoms with Crippen LogP contribution in [0.5, 0.6) is 0 Å². The van der Waals surface area contributed by atoms with E-state index >= 15 is 0 Å². The topological polar surface area (TPSA) is 55.4 Å². The predicted molar refractivity (Wildman–Crippen MR) is 42.4 cm³/mol. The average molecular weight is 171 g/mol. The molecule has 1 unspecified atom stereocenters. The molecule has 4 heteroatoms. The third kappa shape index (κ3) is 2.90. The fraction of sp³-hybridized carbons (Fsp3) is 0.750. The highest BCUT2D eigenvalue weighted by Gasteiger charge is 2.19. The Morgan fingerprint density at radius 1 is 1.75 bits per heavy atom. The Balaban J connectivity index is 2.23. The number of carbonyl (C=O) groups is 2. The SMILES string of the molecule is CC(=O)NCC1CCCC(=O)O1. The number of nitrogens with one attached hydrogen (secondary N) is 1. The molecule has 0 aromatic heterocycles. The van der Waals surface area contributed by atoms with Crippen molar-refractivity contribution in [2.24, 2.45) is 0 Å². The summed E-state index contributed by atoms with van der Waals surface area (Å²) in [6.45, 7) is 1.89. The van der Waals surface area contributed by atoms with Gasteiger partial charge in [-0.1, -0.05) is 0 Å². The van der Waals surface area contributed by atoms with Crippen LogP contribution in [0.3, 0.4) is 0 Å². The Labute approximate surface area is 71.3 Å². The van der Waals surface area contributed by atoms with Crippen LogP contribution in [0.25, 0.3) is 0 Å². The second-order valence-electron chi connectivity index (χ2n) is 2.94. The summed E-state index contributed by atoms with van der Waals surface area (Å²) in [5.74, 6) is -0.242. The first-order chi connectivity index (χ1) is 5.68. The Bertz CT molecular complexity index is 191. The molecule has 12 heavy (non-hydrogen) atoms. The molecule has 1 amide bonds. The van der Waals surface area contributed by atoms with Gasteiger partial charge in [-0.3, -0.25) is 9.59 Å². The molecule has 4 nitrogen and oxygen atoms in total. The number of hydrogen-bond donors (Lipinski definition) is 1. The highest BCUT2D eigenvalue weighted by molar-refractivity contribution is 5.73. The smallest absolute Gasteiger partial charge is 0.306 e.